The highest BCUT2D eigenvalue weighted by molar-refractivity contribution is 5.92. The first-order valence-electron chi connectivity index (χ1n) is 7.61. The maximum atomic E-state index is 12.2. The zero-order chi connectivity index (χ0) is 16.1. The average molecular weight is 300 g/mol. The molecule has 5 heteroatoms. The van der Waals surface area contributed by atoms with Gasteiger partial charge in [-0.15, -0.1) is 0 Å². The van der Waals surface area contributed by atoms with Crippen molar-refractivity contribution >= 4 is 11.6 Å². The third-order valence-corrected chi connectivity index (χ3v) is 3.50. The van der Waals surface area contributed by atoms with Gasteiger partial charge in [0, 0.05) is 31.0 Å². The first kappa shape index (κ1) is 16.1. The molecule has 0 bridgehead atoms. The minimum Gasteiger partial charge on any atom is -0.383 e. The second-order valence-electron chi connectivity index (χ2n) is 5.85. The fourth-order valence-corrected chi connectivity index (χ4v) is 2.31. The standard InChI is InChI=1S/C17H24N4O/c1-12(2)16-10-15(20-21(16)4)17(22)19-13(3)11-18-14-8-6-5-7-9-14/h5-10,12-13,18H,11H2,1-4H3,(H,19,22). The van der Waals surface area contributed by atoms with E-state index in [1.165, 1.54) is 0 Å². The van der Waals surface area contributed by atoms with Crippen LogP contribution in [0.4, 0.5) is 5.69 Å². The number of hydrogen-bond donors (Lipinski definition) is 2. The number of para-hydroxylation sites is 1. The minimum atomic E-state index is -0.134. The van der Waals surface area contributed by atoms with Crippen molar-refractivity contribution in [2.75, 3.05) is 11.9 Å². The van der Waals surface area contributed by atoms with E-state index in [9.17, 15) is 4.79 Å². The second-order valence-corrected chi connectivity index (χ2v) is 5.85. The largest absolute Gasteiger partial charge is 0.383 e. The van der Waals surface area contributed by atoms with E-state index in [1.54, 1.807) is 4.68 Å². The molecule has 1 unspecified atom stereocenters. The average Bonchev–Trinajstić information content (AvgIpc) is 2.88. The number of anilines is 1. The van der Waals surface area contributed by atoms with Crippen molar-refractivity contribution in [2.24, 2.45) is 7.05 Å². The van der Waals surface area contributed by atoms with Gasteiger partial charge in [-0.05, 0) is 31.0 Å². The Labute approximate surface area is 131 Å². The summed E-state index contributed by atoms with van der Waals surface area (Å²) >= 11 is 0. The van der Waals surface area contributed by atoms with E-state index in [0.29, 0.717) is 18.2 Å². The van der Waals surface area contributed by atoms with Crippen LogP contribution in [0.3, 0.4) is 0 Å². The van der Waals surface area contributed by atoms with Crippen LogP contribution in [0.2, 0.25) is 0 Å². The zero-order valence-electron chi connectivity index (χ0n) is 13.6. The Bertz CT molecular complexity index is 619. The van der Waals surface area contributed by atoms with Crippen molar-refractivity contribution in [1.82, 2.24) is 15.1 Å². The van der Waals surface area contributed by atoms with Crippen LogP contribution >= 0.6 is 0 Å². The van der Waals surface area contributed by atoms with Crippen LogP contribution in [0.15, 0.2) is 36.4 Å². The summed E-state index contributed by atoms with van der Waals surface area (Å²) in [5.74, 6) is 0.209. The number of carbonyl (C=O) groups is 1. The van der Waals surface area contributed by atoms with E-state index in [4.69, 9.17) is 0 Å². The molecule has 0 aliphatic heterocycles. The number of amides is 1. The van der Waals surface area contributed by atoms with Gasteiger partial charge in [0.25, 0.3) is 5.91 Å². The van der Waals surface area contributed by atoms with Gasteiger partial charge in [0.15, 0.2) is 0 Å². The maximum absolute atomic E-state index is 12.2. The number of nitrogens with one attached hydrogen (secondary N) is 2. The van der Waals surface area contributed by atoms with Gasteiger partial charge in [-0.1, -0.05) is 32.0 Å². The normalized spacial score (nSPS) is 12.2. The highest BCUT2D eigenvalue weighted by atomic mass is 16.2. The lowest BCUT2D eigenvalue weighted by Crippen LogP contribution is -2.37. The fraction of sp³-hybridized carbons (Fsp3) is 0.412. The molecule has 0 aliphatic carbocycles. The Morgan fingerprint density at radius 3 is 2.50 bits per heavy atom. The Morgan fingerprint density at radius 1 is 1.23 bits per heavy atom. The monoisotopic (exact) mass is 300 g/mol. The van der Waals surface area contributed by atoms with Crippen LogP contribution in [0.25, 0.3) is 0 Å². The van der Waals surface area contributed by atoms with E-state index < -0.39 is 0 Å². The Morgan fingerprint density at radius 2 is 1.91 bits per heavy atom. The SMILES string of the molecule is CC(CNc1ccccc1)NC(=O)c1cc(C(C)C)n(C)n1. The molecule has 2 N–H and O–H groups in total. The smallest absolute Gasteiger partial charge is 0.272 e. The number of nitrogens with zero attached hydrogens (tertiary/aromatic N) is 2. The van der Waals surface area contributed by atoms with Gasteiger partial charge in [0.1, 0.15) is 5.69 Å². The number of rotatable bonds is 6. The summed E-state index contributed by atoms with van der Waals surface area (Å²) in [5.41, 5.74) is 2.57. The minimum absolute atomic E-state index is 0.0113. The number of aromatic nitrogens is 2. The van der Waals surface area contributed by atoms with Crippen LogP contribution < -0.4 is 10.6 Å². The highest BCUT2D eigenvalue weighted by Gasteiger charge is 2.16. The van der Waals surface area contributed by atoms with Gasteiger partial charge < -0.3 is 10.6 Å². The van der Waals surface area contributed by atoms with E-state index in [2.05, 4.69) is 29.6 Å². The zero-order valence-corrected chi connectivity index (χ0v) is 13.6. The van der Waals surface area contributed by atoms with Crippen LogP contribution in [-0.2, 0) is 7.05 Å². The summed E-state index contributed by atoms with van der Waals surface area (Å²) in [4.78, 5) is 12.2. The molecule has 0 spiro atoms. The molecule has 1 aromatic carbocycles. The van der Waals surface area contributed by atoms with E-state index in [0.717, 1.165) is 11.4 Å². The molecular weight excluding hydrogens is 276 g/mol. The van der Waals surface area contributed by atoms with E-state index in [-0.39, 0.29) is 11.9 Å². The molecule has 118 valence electrons. The molecule has 0 radical (unpaired) electrons. The lowest BCUT2D eigenvalue weighted by Gasteiger charge is -2.14. The number of aryl methyl sites for hydroxylation is 1. The summed E-state index contributed by atoms with van der Waals surface area (Å²) in [5, 5.41) is 10.6. The van der Waals surface area contributed by atoms with Crippen molar-refractivity contribution in [3.8, 4) is 0 Å². The molecule has 0 saturated carbocycles. The topological polar surface area (TPSA) is 58.9 Å². The molecular formula is C17H24N4O. The molecule has 1 atom stereocenters. The van der Waals surface area contributed by atoms with Gasteiger partial charge in [-0.2, -0.15) is 5.10 Å². The van der Waals surface area contributed by atoms with Crippen molar-refractivity contribution in [3.05, 3.63) is 47.8 Å². The van der Waals surface area contributed by atoms with Crippen molar-refractivity contribution in [3.63, 3.8) is 0 Å². The molecule has 1 amide bonds. The lowest BCUT2D eigenvalue weighted by molar-refractivity contribution is 0.0936. The lowest BCUT2D eigenvalue weighted by atomic mass is 10.1. The molecule has 22 heavy (non-hydrogen) atoms. The molecule has 0 saturated heterocycles. The van der Waals surface area contributed by atoms with Crippen molar-refractivity contribution in [2.45, 2.75) is 32.7 Å². The molecule has 1 heterocycles. The number of carbonyl (C=O) groups excluding carboxylic acids is 1. The predicted octanol–water partition coefficient (Wildman–Crippen LogP) is 2.77. The van der Waals surface area contributed by atoms with E-state index in [1.807, 2.05) is 50.4 Å². The summed E-state index contributed by atoms with van der Waals surface area (Å²) in [6, 6.07) is 11.8. The van der Waals surface area contributed by atoms with Crippen molar-refractivity contribution in [1.29, 1.82) is 0 Å². The fourth-order valence-electron chi connectivity index (χ4n) is 2.31. The second kappa shape index (κ2) is 7.11. The number of benzene rings is 1. The molecule has 2 rings (SSSR count). The van der Waals surface area contributed by atoms with Crippen LogP contribution in [0.1, 0.15) is 42.9 Å². The molecule has 2 aromatic rings. The van der Waals surface area contributed by atoms with Gasteiger partial charge in [-0.25, -0.2) is 0 Å². The Kier molecular flexibility index (Phi) is 5.20. The molecule has 0 fully saturated rings. The third kappa shape index (κ3) is 4.10. The van der Waals surface area contributed by atoms with Crippen LogP contribution in [0.5, 0.6) is 0 Å². The van der Waals surface area contributed by atoms with Gasteiger partial charge >= 0.3 is 0 Å². The van der Waals surface area contributed by atoms with Gasteiger partial charge in [0.05, 0.1) is 0 Å². The molecule has 5 nitrogen and oxygen atoms in total. The summed E-state index contributed by atoms with van der Waals surface area (Å²) in [6.45, 7) is 6.82. The predicted molar refractivity (Wildman–Crippen MR) is 89.2 cm³/mol. The Hall–Kier alpha value is -2.30. The van der Waals surface area contributed by atoms with E-state index >= 15 is 0 Å². The molecule has 0 aliphatic rings. The van der Waals surface area contributed by atoms with Gasteiger partial charge in [-0.3, -0.25) is 9.48 Å². The maximum Gasteiger partial charge on any atom is 0.272 e. The van der Waals surface area contributed by atoms with Crippen LogP contribution in [0, 0.1) is 0 Å². The van der Waals surface area contributed by atoms with Crippen LogP contribution in [-0.4, -0.2) is 28.3 Å². The first-order chi connectivity index (χ1) is 10.5. The van der Waals surface area contributed by atoms with Gasteiger partial charge in [0.2, 0.25) is 0 Å². The first-order valence-corrected chi connectivity index (χ1v) is 7.61. The summed E-state index contributed by atoms with van der Waals surface area (Å²) < 4.78 is 1.77. The highest BCUT2D eigenvalue weighted by Crippen LogP contribution is 2.14. The summed E-state index contributed by atoms with van der Waals surface area (Å²) in [7, 11) is 1.87. The Balaban J connectivity index is 1.89. The third-order valence-electron chi connectivity index (χ3n) is 3.50. The quantitative estimate of drug-likeness (QED) is 0.862. The summed E-state index contributed by atoms with van der Waals surface area (Å²) in [6.07, 6.45) is 0. The molecule has 1 aromatic heterocycles. The number of hydrogen-bond acceptors (Lipinski definition) is 3. The van der Waals surface area contributed by atoms with Crippen molar-refractivity contribution < 1.29 is 4.79 Å².